The van der Waals surface area contributed by atoms with Gasteiger partial charge in [-0.15, -0.1) is 10.2 Å². The Kier molecular flexibility index (Phi) is 4.55. The third-order valence-electron chi connectivity index (χ3n) is 4.95. The van der Waals surface area contributed by atoms with E-state index in [1.165, 1.54) is 6.07 Å². The van der Waals surface area contributed by atoms with Gasteiger partial charge in [0.2, 0.25) is 5.91 Å². The number of carbonyl (C=O) groups excluding carboxylic acids is 2. The number of aromatic nitrogens is 5. The quantitative estimate of drug-likeness (QED) is 0.552. The molecule has 0 saturated carbocycles. The van der Waals surface area contributed by atoms with E-state index in [1.54, 1.807) is 18.5 Å². The monoisotopic (exact) mass is 438 g/mol. The first-order valence-electron chi connectivity index (χ1n) is 11.5. The summed E-state index contributed by atoms with van der Waals surface area (Å²) in [5, 5.41) is 20.0. The van der Waals surface area contributed by atoms with Crippen molar-refractivity contribution in [1.29, 1.82) is 0 Å². The van der Waals surface area contributed by atoms with Crippen molar-refractivity contribution >= 4 is 34.7 Å². The Labute approximate surface area is 189 Å². The summed E-state index contributed by atoms with van der Waals surface area (Å²) in [5.74, 6) is 0.0273. The van der Waals surface area contributed by atoms with Crippen molar-refractivity contribution in [2.45, 2.75) is 27.3 Å². The van der Waals surface area contributed by atoms with Crippen molar-refractivity contribution < 1.29 is 13.7 Å². The highest BCUT2D eigenvalue weighted by molar-refractivity contribution is 6.00. The van der Waals surface area contributed by atoms with Crippen LogP contribution in [0.15, 0.2) is 24.3 Å². The molecule has 32 heavy (non-hydrogen) atoms. The second-order valence-electron chi connectivity index (χ2n) is 7.73. The minimum absolute atomic E-state index is 0.115. The molecule has 0 atom stereocenters. The molecule has 4 rings (SSSR count). The fourth-order valence-corrected chi connectivity index (χ4v) is 3.44. The van der Waals surface area contributed by atoms with Crippen LogP contribution in [0.5, 0.6) is 0 Å². The third kappa shape index (κ3) is 3.84. The first-order valence-corrected chi connectivity index (χ1v) is 9.98. The SMILES string of the molecule is [2H]C([2H])([2H])NC(=O)c1nnc(NC(=O)C(C)C)cc1Nc1cccc2c1N(C)Cc1nc(C)nn1-2. The average Bonchev–Trinajstić information content (AvgIpc) is 3.12. The fourth-order valence-electron chi connectivity index (χ4n) is 3.44. The minimum atomic E-state index is -2.71. The first kappa shape index (κ1) is 17.6. The third-order valence-corrected chi connectivity index (χ3v) is 4.95. The zero-order valence-corrected chi connectivity index (χ0v) is 18.1. The Balaban J connectivity index is 1.77. The number of amides is 2. The molecule has 3 heterocycles. The number of nitrogens with zero attached hydrogens (tertiary/aromatic N) is 6. The lowest BCUT2D eigenvalue weighted by atomic mass is 10.1. The molecule has 0 unspecified atom stereocenters. The molecular weight excluding hydrogens is 410 g/mol. The number of carbonyl (C=O) groups is 2. The van der Waals surface area contributed by atoms with E-state index in [0.717, 1.165) is 17.2 Å². The Morgan fingerprint density at radius 1 is 1.22 bits per heavy atom. The highest BCUT2D eigenvalue weighted by Gasteiger charge is 2.26. The van der Waals surface area contributed by atoms with Crippen LogP contribution >= 0.6 is 0 Å². The van der Waals surface area contributed by atoms with Crippen LogP contribution in [0.1, 0.15) is 40.1 Å². The number of para-hydroxylation sites is 1. The number of aryl methyl sites for hydroxylation is 1. The number of hydrogen-bond acceptors (Lipinski definition) is 8. The number of hydrogen-bond donors (Lipinski definition) is 3. The summed E-state index contributed by atoms with van der Waals surface area (Å²) in [6, 6.07) is 6.96. The van der Waals surface area contributed by atoms with Gasteiger partial charge in [0.05, 0.1) is 29.3 Å². The van der Waals surface area contributed by atoms with Gasteiger partial charge in [-0.1, -0.05) is 19.9 Å². The van der Waals surface area contributed by atoms with Crippen molar-refractivity contribution in [2.75, 3.05) is 29.6 Å². The largest absolute Gasteiger partial charge is 0.364 e. The van der Waals surface area contributed by atoms with Crippen LogP contribution in [0.3, 0.4) is 0 Å². The number of rotatable bonds is 5. The highest BCUT2D eigenvalue weighted by Crippen LogP contribution is 2.38. The standard InChI is InChI=1S/C21H25N9O2/c1-11(2)20(31)25-16-9-14(18(27-26-16)21(32)22-4)24-13-7-6-8-15-19(13)29(5)10-17-23-12(3)28-30(15)17/h6-9,11H,10H2,1-5H3,(H,22,32)(H2,24,25,26,31)/i4D3. The highest BCUT2D eigenvalue weighted by atomic mass is 16.2. The molecule has 1 aliphatic rings. The first-order chi connectivity index (χ1) is 16.4. The maximum absolute atomic E-state index is 12.7. The van der Waals surface area contributed by atoms with Gasteiger partial charge < -0.3 is 20.9 Å². The molecule has 11 heteroatoms. The van der Waals surface area contributed by atoms with E-state index >= 15 is 0 Å². The van der Waals surface area contributed by atoms with Gasteiger partial charge in [0.25, 0.3) is 5.91 Å². The van der Waals surface area contributed by atoms with Gasteiger partial charge in [0.1, 0.15) is 5.82 Å². The summed E-state index contributed by atoms with van der Waals surface area (Å²) in [6.45, 7) is 3.06. The van der Waals surface area contributed by atoms with Crippen LogP contribution in [0, 0.1) is 12.8 Å². The lowest BCUT2D eigenvalue weighted by Crippen LogP contribution is -2.27. The molecule has 3 aromatic rings. The Hall–Kier alpha value is -4.02. The zero-order valence-electron chi connectivity index (χ0n) is 21.1. The van der Waals surface area contributed by atoms with Gasteiger partial charge in [-0.05, 0) is 19.1 Å². The molecule has 0 spiro atoms. The summed E-state index contributed by atoms with van der Waals surface area (Å²) in [5.41, 5.74) is 2.11. The molecule has 1 aromatic carbocycles. The zero-order chi connectivity index (χ0) is 25.5. The number of nitrogens with one attached hydrogen (secondary N) is 3. The number of benzene rings is 1. The molecule has 1 aliphatic heterocycles. The molecule has 2 amide bonds. The maximum atomic E-state index is 12.7. The van der Waals surface area contributed by atoms with Gasteiger partial charge in [0, 0.05) is 30.1 Å². The normalized spacial score (nSPS) is 14.0. The fraction of sp³-hybridized carbons (Fsp3) is 0.333. The number of anilines is 4. The smallest absolute Gasteiger partial charge is 0.273 e. The molecule has 2 aromatic heterocycles. The topological polar surface area (TPSA) is 130 Å². The van der Waals surface area contributed by atoms with E-state index in [2.05, 4.69) is 30.9 Å². The Morgan fingerprint density at radius 3 is 2.78 bits per heavy atom. The molecule has 0 fully saturated rings. The second-order valence-corrected chi connectivity index (χ2v) is 7.73. The van der Waals surface area contributed by atoms with E-state index in [-0.39, 0.29) is 29.0 Å². The maximum Gasteiger partial charge on any atom is 0.273 e. The van der Waals surface area contributed by atoms with Gasteiger partial charge >= 0.3 is 0 Å². The van der Waals surface area contributed by atoms with E-state index in [1.807, 2.05) is 42.4 Å². The lowest BCUT2D eigenvalue weighted by Gasteiger charge is -2.29. The second kappa shape index (κ2) is 8.25. The Bertz CT molecular complexity index is 1300. The van der Waals surface area contributed by atoms with Crippen LogP contribution in [-0.2, 0) is 11.3 Å². The minimum Gasteiger partial charge on any atom is -0.364 e. The summed E-state index contributed by atoms with van der Waals surface area (Å²) < 4.78 is 23.8. The van der Waals surface area contributed by atoms with E-state index in [4.69, 9.17) is 4.11 Å². The van der Waals surface area contributed by atoms with Crippen molar-refractivity contribution in [3.05, 3.63) is 41.6 Å². The molecule has 0 bridgehead atoms. The van der Waals surface area contributed by atoms with Crippen molar-refractivity contribution in [2.24, 2.45) is 5.92 Å². The number of fused-ring (bicyclic) bond motifs is 3. The van der Waals surface area contributed by atoms with Crippen molar-refractivity contribution in [3.63, 3.8) is 0 Å². The van der Waals surface area contributed by atoms with Gasteiger partial charge in [0.15, 0.2) is 17.3 Å². The van der Waals surface area contributed by atoms with Crippen LogP contribution in [0.25, 0.3) is 5.69 Å². The van der Waals surface area contributed by atoms with Crippen LogP contribution < -0.4 is 20.9 Å². The molecular formula is C21H25N9O2. The molecule has 166 valence electrons. The summed E-state index contributed by atoms with van der Waals surface area (Å²) >= 11 is 0. The van der Waals surface area contributed by atoms with E-state index in [9.17, 15) is 9.59 Å². The summed E-state index contributed by atoms with van der Waals surface area (Å²) in [6.07, 6.45) is 0. The average molecular weight is 439 g/mol. The molecule has 0 aliphatic carbocycles. The van der Waals surface area contributed by atoms with E-state index < -0.39 is 12.9 Å². The molecule has 0 radical (unpaired) electrons. The van der Waals surface area contributed by atoms with Crippen molar-refractivity contribution in [3.8, 4) is 5.69 Å². The van der Waals surface area contributed by atoms with Crippen LogP contribution in [0.2, 0.25) is 0 Å². The van der Waals surface area contributed by atoms with Gasteiger partial charge in [-0.25, -0.2) is 9.67 Å². The van der Waals surface area contributed by atoms with Crippen LogP contribution in [-0.4, -0.2) is 50.8 Å². The predicted molar refractivity (Wildman–Crippen MR) is 120 cm³/mol. The Morgan fingerprint density at radius 2 is 2.03 bits per heavy atom. The lowest BCUT2D eigenvalue weighted by molar-refractivity contribution is -0.118. The molecule has 3 N–H and O–H groups in total. The van der Waals surface area contributed by atoms with Crippen LogP contribution in [0.4, 0.5) is 22.9 Å². The van der Waals surface area contributed by atoms with Crippen molar-refractivity contribution in [1.82, 2.24) is 30.3 Å². The molecule has 11 nitrogen and oxygen atoms in total. The summed E-state index contributed by atoms with van der Waals surface area (Å²) in [4.78, 5) is 31.3. The van der Waals surface area contributed by atoms with Gasteiger partial charge in [-0.2, -0.15) is 5.10 Å². The summed E-state index contributed by atoms with van der Waals surface area (Å²) in [7, 11) is 1.90. The molecule has 0 saturated heterocycles. The predicted octanol–water partition coefficient (Wildman–Crippen LogP) is 2.01. The van der Waals surface area contributed by atoms with Gasteiger partial charge in [-0.3, -0.25) is 9.59 Å². The van der Waals surface area contributed by atoms with E-state index in [0.29, 0.717) is 18.1 Å².